The van der Waals surface area contributed by atoms with Crippen molar-refractivity contribution in [3.8, 4) is 0 Å². The van der Waals surface area contributed by atoms with Gasteiger partial charge in [-0.15, -0.1) is 0 Å². The lowest BCUT2D eigenvalue weighted by atomic mass is 10.6. The second kappa shape index (κ2) is 5.13. The summed E-state index contributed by atoms with van der Waals surface area (Å²) in [4.78, 5) is 7.67. The molecule has 2 rings (SSSR count). The maximum atomic E-state index is 12.1. The number of aromatic nitrogens is 4. The smallest absolute Gasteiger partial charge is 0.268 e. The van der Waals surface area contributed by atoms with Gasteiger partial charge in [0.05, 0.1) is 12.4 Å². The lowest BCUT2D eigenvalue weighted by Gasteiger charge is -2.05. The van der Waals surface area contributed by atoms with Crippen molar-refractivity contribution in [3.63, 3.8) is 0 Å². The lowest BCUT2D eigenvalue weighted by Crippen LogP contribution is -2.15. The summed E-state index contributed by atoms with van der Waals surface area (Å²) in [5, 5.41) is 3.88. The molecule has 2 aromatic heterocycles. The average Bonchev–Trinajstić information content (AvgIpc) is 2.74. The first kappa shape index (κ1) is 13.7. The van der Waals surface area contributed by atoms with Crippen LogP contribution in [-0.2, 0) is 16.6 Å². The Balaban J connectivity index is 2.31. The van der Waals surface area contributed by atoms with Gasteiger partial charge in [-0.3, -0.25) is 9.40 Å². The third-order valence-electron chi connectivity index (χ3n) is 2.23. The molecule has 0 saturated heterocycles. The number of rotatable bonds is 4. The van der Waals surface area contributed by atoms with E-state index >= 15 is 0 Å². The molecule has 8 nitrogen and oxygen atoms in total. The van der Waals surface area contributed by atoms with Crippen LogP contribution in [0.4, 0.5) is 11.6 Å². The maximum absolute atomic E-state index is 12.1. The highest BCUT2D eigenvalue weighted by Gasteiger charge is 2.21. The summed E-state index contributed by atoms with van der Waals surface area (Å²) in [7, 11) is -3.82. The topological polar surface area (TPSA) is 116 Å². The minimum absolute atomic E-state index is 0.0561. The molecule has 0 amide bonds. The molecule has 0 aliphatic heterocycles. The Kier molecular flexibility index (Phi) is 3.71. The highest BCUT2D eigenvalue weighted by molar-refractivity contribution is 9.10. The fraction of sp³-hybridized carbons (Fsp3) is 0.222. The Bertz CT molecular complexity index is 681. The van der Waals surface area contributed by atoms with Gasteiger partial charge in [-0.05, 0) is 22.9 Å². The largest absolute Gasteiger partial charge is 0.381 e. The zero-order valence-electron chi connectivity index (χ0n) is 9.91. The normalized spacial score (nSPS) is 11.5. The van der Waals surface area contributed by atoms with Gasteiger partial charge in [0.1, 0.15) is 9.50 Å². The van der Waals surface area contributed by atoms with E-state index in [2.05, 4.69) is 35.7 Å². The first-order valence-electron chi connectivity index (χ1n) is 5.25. The summed E-state index contributed by atoms with van der Waals surface area (Å²) in [6, 6.07) is 0. The van der Waals surface area contributed by atoms with Crippen LogP contribution in [0.1, 0.15) is 6.92 Å². The van der Waals surface area contributed by atoms with Crippen LogP contribution in [0.25, 0.3) is 0 Å². The summed E-state index contributed by atoms with van der Waals surface area (Å²) in [6.45, 7) is 2.36. The molecule has 0 atom stereocenters. The number of anilines is 2. The van der Waals surface area contributed by atoms with E-state index in [9.17, 15) is 8.42 Å². The Hall–Kier alpha value is -1.68. The first-order chi connectivity index (χ1) is 8.92. The molecule has 10 heteroatoms. The number of nitrogens with two attached hydrogens (primary N) is 1. The number of nitrogens with zero attached hydrogens (tertiary/aromatic N) is 4. The van der Waals surface area contributed by atoms with Crippen LogP contribution in [-0.4, -0.2) is 28.2 Å². The minimum atomic E-state index is -3.82. The molecule has 2 heterocycles. The van der Waals surface area contributed by atoms with Crippen molar-refractivity contribution in [1.82, 2.24) is 19.7 Å². The zero-order chi connectivity index (χ0) is 14.0. The standard InChI is InChI=1S/C9H11BrN6O2S/c1-2-16-5-6(9(11)14-16)19(17,18)15-8-4-12-7(10)3-13-8/h3-5H,2H2,1H3,(H2,11,14)(H,13,15). The van der Waals surface area contributed by atoms with Gasteiger partial charge in [0, 0.05) is 12.7 Å². The Labute approximate surface area is 118 Å². The summed E-state index contributed by atoms with van der Waals surface area (Å²) < 4.78 is 28.5. The summed E-state index contributed by atoms with van der Waals surface area (Å²) in [5.74, 6) is 0.0475. The van der Waals surface area contributed by atoms with Crippen LogP contribution in [0.15, 0.2) is 28.1 Å². The number of nitrogen functional groups attached to an aromatic ring is 1. The molecule has 2 aromatic rings. The Morgan fingerprint density at radius 1 is 1.42 bits per heavy atom. The predicted molar refractivity (Wildman–Crippen MR) is 72.9 cm³/mol. The summed E-state index contributed by atoms with van der Waals surface area (Å²) in [6.07, 6.45) is 4.04. The molecule has 0 aliphatic rings. The molecular weight excluding hydrogens is 336 g/mol. The summed E-state index contributed by atoms with van der Waals surface area (Å²) in [5.41, 5.74) is 5.59. The van der Waals surface area contributed by atoms with E-state index in [0.717, 1.165) is 0 Å². The van der Waals surface area contributed by atoms with Gasteiger partial charge in [0.15, 0.2) is 11.6 Å². The monoisotopic (exact) mass is 346 g/mol. The van der Waals surface area contributed by atoms with Crippen molar-refractivity contribution < 1.29 is 8.42 Å². The Morgan fingerprint density at radius 3 is 2.68 bits per heavy atom. The van der Waals surface area contributed by atoms with Crippen molar-refractivity contribution in [2.75, 3.05) is 10.5 Å². The SMILES string of the molecule is CCn1cc(S(=O)(=O)Nc2cnc(Br)cn2)c(N)n1. The van der Waals surface area contributed by atoms with Crippen molar-refractivity contribution >= 4 is 37.6 Å². The van der Waals surface area contributed by atoms with E-state index in [1.807, 2.05) is 6.92 Å². The van der Waals surface area contributed by atoms with E-state index in [1.54, 1.807) is 0 Å². The molecular formula is C9H11BrN6O2S. The molecule has 0 aromatic carbocycles. The van der Waals surface area contributed by atoms with Crippen LogP contribution in [0.2, 0.25) is 0 Å². The van der Waals surface area contributed by atoms with E-state index in [4.69, 9.17) is 5.73 Å². The van der Waals surface area contributed by atoms with Gasteiger partial charge in [-0.2, -0.15) is 5.10 Å². The maximum Gasteiger partial charge on any atom is 0.268 e. The molecule has 0 spiro atoms. The second-order valence-corrected chi connectivity index (χ2v) is 6.03. The number of nitrogens with one attached hydrogen (secondary N) is 1. The number of hydrogen-bond donors (Lipinski definition) is 2. The highest BCUT2D eigenvalue weighted by Crippen LogP contribution is 2.19. The van der Waals surface area contributed by atoms with Crippen LogP contribution < -0.4 is 10.5 Å². The summed E-state index contributed by atoms with van der Waals surface area (Å²) >= 11 is 3.11. The number of hydrogen-bond acceptors (Lipinski definition) is 6. The van der Waals surface area contributed by atoms with Gasteiger partial charge < -0.3 is 5.73 Å². The molecule has 3 N–H and O–H groups in total. The Morgan fingerprint density at radius 2 is 2.16 bits per heavy atom. The van der Waals surface area contributed by atoms with Gasteiger partial charge in [-0.25, -0.2) is 18.4 Å². The zero-order valence-corrected chi connectivity index (χ0v) is 12.3. The van der Waals surface area contributed by atoms with Gasteiger partial charge in [0.25, 0.3) is 10.0 Å². The lowest BCUT2D eigenvalue weighted by molar-refractivity contribution is 0.600. The fourth-order valence-electron chi connectivity index (χ4n) is 1.34. The quantitative estimate of drug-likeness (QED) is 0.847. The van der Waals surface area contributed by atoms with E-state index in [-0.39, 0.29) is 16.5 Å². The molecule has 102 valence electrons. The van der Waals surface area contributed by atoms with Crippen LogP contribution in [0, 0.1) is 0 Å². The molecule has 0 unspecified atom stereocenters. The van der Waals surface area contributed by atoms with Crippen molar-refractivity contribution in [1.29, 1.82) is 0 Å². The van der Waals surface area contributed by atoms with Gasteiger partial charge in [0.2, 0.25) is 0 Å². The third-order valence-corrected chi connectivity index (χ3v) is 4.01. The molecule has 0 aliphatic carbocycles. The average molecular weight is 347 g/mol. The molecule has 0 bridgehead atoms. The van der Waals surface area contributed by atoms with Crippen molar-refractivity contribution in [2.24, 2.45) is 0 Å². The number of aryl methyl sites for hydroxylation is 1. The minimum Gasteiger partial charge on any atom is -0.381 e. The van der Waals surface area contributed by atoms with E-state index in [0.29, 0.717) is 11.1 Å². The van der Waals surface area contributed by atoms with Crippen LogP contribution in [0.3, 0.4) is 0 Å². The number of sulfonamides is 1. The second-order valence-electron chi connectivity index (χ2n) is 3.56. The van der Waals surface area contributed by atoms with Crippen molar-refractivity contribution in [3.05, 3.63) is 23.2 Å². The van der Waals surface area contributed by atoms with Crippen LogP contribution in [0.5, 0.6) is 0 Å². The van der Waals surface area contributed by atoms with E-state index < -0.39 is 10.0 Å². The van der Waals surface area contributed by atoms with Crippen molar-refractivity contribution in [2.45, 2.75) is 18.4 Å². The molecule has 19 heavy (non-hydrogen) atoms. The van der Waals surface area contributed by atoms with Gasteiger partial charge >= 0.3 is 0 Å². The van der Waals surface area contributed by atoms with Crippen LogP contribution >= 0.6 is 15.9 Å². The number of halogens is 1. The predicted octanol–water partition coefficient (Wildman–Crippen LogP) is 0.839. The third kappa shape index (κ3) is 3.01. The fourth-order valence-corrected chi connectivity index (χ4v) is 2.62. The highest BCUT2D eigenvalue weighted by atomic mass is 79.9. The molecule has 0 radical (unpaired) electrons. The first-order valence-corrected chi connectivity index (χ1v) is 7.53. The van der Waals surface area contributed by atoms with E-state index in [1.165, 1.54) is 23.3 Å². The molecule has 0 saturated carbocycles. The molecule has 0 fully saturated rings. The van der Waals surface area contributed by atoms with Gasteiger partial charge in [-0.1, -0.05) is 0 Å².